The lowest BCUT2D eigenvalue weighted by molar-refractivity contribution is -0.130. The summed E-state index contributed by atoms with van der Waals surface area (Å²) in [5.41, 5.74) is 0.820. The Morgan fingerprint density at radius 2 is 1.82 bits per heavy atom. The second kappa shape index (κ2) is 7.11. The van der Waals surface area contributed by atoms with E-state index in [9.17, 15) is 13.2 Å². The number of carbonyl (C=O) groups is 1. The van der Waals surface area contributed by atoms with E-state index < -0.39 is 10.0 Å². The van der Waals surface area contributed by atoms with E-state index in [1.807, 2.05) is 0 Å². The van der Waals surface area contributed by atoms with E-state index >= 15 is 0 Å². The van der Waals surface area contributed by atoms with E-state index in [1.165, 1.54) is 4.31 Å². The topological polar surface area (TPSA) is 66.9 Å². The minimum Gasteiger partial charge on any atom is -0.497 e. The monoisotopic (exact) mass is 326 g/mol. The van der Waals surface area contributed by atoms with Crippen LogP contribution in [0.1, 0.15) is 18.4 Å². The highest BCUT2D eigenvalue weighted by atomic mass is 32.2. The van der Waals surface area contributed by atoms with E-state index in [0.717, 1.165) is 37.8 Å². The molecule has 0 saturated carbocycles. The van der Waals surface area contributed by atoms with Crippen LogP contribution in [0.15, 0.2) is 24.3 Å². The molecule has 2 rings (SSSR count). The van der Waals surface area contributed by atoms with Gasteiger partial charge in [0, 0.05) is 19.6 Å². The van der Waals surface area contributed by atoms with Gasteiger partial charge in [-0.2, -0.15) is 4.31 Å². The first-order valence-corrected chi connectivity index (χ1v) is 9.11. The number of hydrogen-bond acceptors (Lipinski definition) is 4. The molecule has 7 heteroatoms. The molecule has 1 heterocycles. The van der Waals surface area contributed by atoms with Gasteiger partial charge >= 0.3 is 0 Å². The average Bonchev–Trinajstić information content (AvgIpc) is 3.00. The van der Waals surface area contributed by atoms with Crippen LogP contribution in [-0.2, 0) is 21.4 Å². The van der Waals surface area contributed by atoms with Crippen LogP contribution in [0.3, 0.4) is 0 Å². The molecular weight excluding hydrogens is 304 g/mol. The molecule has 1 aromatic rings. The van der Waals surface area contributed by atoms with Gasteiger partial charge in [0.25, 0.3) is 0 Å². The molecular formula is C15H22N2O4S. The number of ether oxygens (including phenoxy) is 1. The molecule has 0 aliphatic carbocycles. The first-order chi connectivity index (χ1) is 10.4. The van der Waals surface area contributed by atoms with Gasteiger partial charge in [-0.05, 0) is 30.5 Å². The summed E-state index contributed by atoms with van der Waals surface area (Å²) in [6, 6.07) is 7.16. The lowest BCUT2D eigenvalue weighted by Crippen LogP contribution is -2.41. The number of benzene rings is 1. The highest BCUT2D eigenvalue weighted by Gasteiger charge is 2.25. The zero-order valence-corrected chi connectivity index (χ0v) is 13.8. The fraction of sp³-hybridized carbons (Fsp3) is 0.533. The maximum absolute atomic E-state index is 12.2. The molecule has 1 saturated heterocycles. The van der Waals surface area contributed by atoms with E-state index in [1.54, 1.807) is 36.3 Å². The van der Waals surface area contributed by atoms with Crippen LogP contribution in [0.5, 0.6) is 5.75 Å². The fourth-order valence-electron chi connectivity index (χ4n) is 2.44. The Morgan fingerprint density at radius 3 is 2.32 bits per heavy atom. The highest BCUT2D eigenvalue weighted by molar-refractivity contribution is 7.88. The summed E-state index contributed by atoms with van der Waals surface area (Å²) in [4.78, 5) is 13.9. The lowest BCUT2D eigenvalue weighted by atomic mass is 10.2. The molecule has 0 N–H and O–H groups in total. The molecule has 1 fully saturated rings. The molecule has 0 unspecified atom stereocenters. The molecule has 22 heavy (non-hydrogen) atoms. The van der Waals surface area contributed by atoms with E-state index in [2.05, 4.69) is 0 Å². The van der Waals surface area contributed by atoms with Gasteiger partial charge in [0.2, 0.25) is 15.9 Å². The van der Waals surface area contributed by atoms with Crippen LogP contribution in [0.25, 0.3) is 0 Å². The van der Waals surface area contributed by atoms with Gasteiger partial charge in [-0.25, -0.2) is 8.42 Å². The second-order valence-electron chi connectivity index (χ2n) is 5.47. The van der Waals surface area contributed by atoms with Crippen LogP contribution in [0.2, 0.25) is 0 Å². The van der Waals surface area contributed by atoms with Gasteiger partial charge in [-0.3, -0.25) is 4.79 Å². The Kier molecular flexibility index (Phi) is 5.42. The lowest BCUT2D eigenvalue weighted by Gasteiger charge is -2.23. The second-order valence-corrected chi connectivity index (χ2v) is 7.45. The molecule has 0 radical (unpaired) electrons. The highest BCUT2D eigenvalue weighted by Crippen LogP contribution is 2.15. The molecule has 1 aliphatic rings. The maximum Gasteiger partial charge on any atom is 0.237 e. The van der Waals surface area contributed by atoms with Crippen molar-refractivity contribution < 1.29 is 17.9 Å². The predicted molar refractivity (Wildman–Crippen MR) is 84.1 cm³/mol. The standard InChI is InChI=1S/C15H22N2O4S/c1-21-14-7-5-13(6-8-14)11-17(22(2,19)20)12-15(18)16-9-3-4-10-16/h5-8H,3-4,9-12H2,1-2H3. The summed E-state index contributed by atoms with van der Waals surface area (Å²) in [6.45, 7) is 1.52. The molecule has 0 atom stereocenters. The molecule has 0 spiro atoms. The van der Waals surface area contributed by atoms with Gasteiger partial charge in [0.15, 0.2) is 0 Å². The van der Waals surface area contributed by atoms with E-state index in [4.69, 9.17) is 4.74 Å². The number of amides is 1. The first kappa shape index (κ1) is 16.8. The predicted octanol–water partition coefficient (Wildman–Crippen LogP) is 1.08. The number of hydrogen-bond donors (Lipinski definition) is 0. The summed E-state index contributed by atoms with van der Waals surface area (Å²) >= 11 is 0. The summed E-state index contributed by atoms with van der Waals surface area (Å²) in [5.74, 6) is 0.583. The van der Waals surface area contributed by atoms with E-state index in [0.29, 0.717) is 5.75 Å². The molecule has 6 nitrogen and oxygen atoms in total. The van der Waals surface area contributed by atoms with Crippen LogP contribution in [0.4, 0.5) is 0 Å². The largest absolute Gasteiger partial charge is 0.497 e. The number of sulfonamides is 1. The number of methoxy groups -OCH3 is 1. The zero-order valence-electron chi connectivity index (χ0n) is 13.0. The van der Waals surface area contributed by atoms with E-state index in [-0.39, 0.29) is 19.0 Å². The molecule has 1 amide bonds. The van der Waals surface area contributed by atoms with Crippen molar-refractivity contribution in [1.29, 1.82) is 0 Å². The normalized spacial score (nSPS) is 15.3. The molecule has 1 aliphatic heterocycles. The average molecular weight is 326 g/mol. The third-order valence-corrected chi connectivity index (χ3v) is 4.95. The number of rotatable bonds is 6. The van der Waals surface area contributed by atoms with Crippen LogP contribution in [0, 0.1) is 0 Å². The Morgan fingerprint density at radius 1 is 1.23 bits per heavy atom. The number of nitrogens with zero attached hydrogens (tertiary/aromatic N) is 2. The van der Waals surface area contributed by atoms with Crippen LogP contribution < -0.4 is 4.74 Å². The Balaban J connectivity index is 2.07. The Hall–Kier alpha value is -1.60. The maximum atomic E-state index is 12.2. The van der Waals surface area contributed by atoms with Crippen molar-refractivity contribution in [3.05, 3.63) is 29.8 Å². The third kappa shape index (κ3) is 4.45. The number of likely N-dealkylation sites (tertiary alicyclic amines) is 1. The van der Waals surface area contributed by atoms with Crippen molar-refractivity contribution in [1.82, 2.24) is 9.21 Å². The first-order valence-electron chi connectivity index (χ1n) is 7.26. The van der Waals surface area contributed by atoms with Gasteiger partial charge < -0.3 is 9.64 Å². The van der Waals surface area contributed by atoms with Gasteiger partial charge in [0.1, 0.15) is 5.75 Å². The molecule has 122 valence electrons. The minimum absolute atomic E-state index is 0.106. The van der Waals surface area contributed by atoms with Crippen molar-refractivity contribution in [2.75, 3.05) is 33.0 Å². The zero-order chi connectivity index (χ0) is 16.2. The van der Waals surface area contributed by atoms with Crippen molar-refractivity contribution in [2.45, 2.75) is 19.4 Å². The summed E-state index contributed by atoms with van der Waals surface area (Å²) < 4.78 is 30.2. The SMILES string of the molecule is COc1ccc(CN(CC(=O)N2CCCC2)S(C)(=O)=O)cc1. The number of carbonyl (C=O) groups excluding carboxylic acids is 1. The third-order valence-electron chi connectivity index (χ3n) is 3.76. The van der Waals surface area contributed by atoms with Gasteiger partial charge in [-0.15, -0.1) is 0 Å². The Labute approximate surface area is 131 Å². The summed E-state index contributed by atoms with van der Waals surface area (Å²) in [7, 11) is -1.87. The Bertz CT molecular complexity index is 607. The van der Waals surface area contributed by atoms with Crippen molar-refractivity contribution in [3.63, 3.8) is 0 Å². The van der Waals surface area contributed by atoms with Crippen molar-refractivity contribution >= 4 is 15.9 Å². The van der Waals surface area contributed by atoms with Crippen molar-refractivity contribution in [3.8, 4) is 5.75 Å². The van der Waals surface area contributed by atoms with Crippen molar-refractivity contribution in [2.24, 2.45) is 0 Å². The van der Waals surface area contributed by atoms with Crippen LogP contribution >= 0.6 is 0 Å². The molecule has 1 aromatic carbocycles. The fourth-order valence-corrected chi connectivity index (χ4v) is 3.17. The quantitative estimate of drug-likeness (QED) is 0.784. The summed E-state index contributed by atoms with van der Waals surface area (Å²) in [5, 5.41) is 0. The minimum atomic E-state index is -3.45. The summed E-state index contributed by atoms with van der Waals surface area (Å²) in [6.07, 6.45) is 3.11. The smallest absolute Gasteiger partial charge is 0.237 e. The van der Waals surface area contributed by atoms with Gasteiger partial charge in [0.05, 0.1) is 19.9 Å². The molecule has 0 bridgehead atoms. The van der Waals surface area contributed by atoms with Gasteiger partial charge in [-0.1, -0.05) is 12.1 Å². The van der Waals surface area contributed by atoms with Crippen LogP contribution in [-0.4, -0.2) is 56.5 Å². The molecule has 0 aromatic heterocycles.